The molecule has 0 aliphatic rings. The average molecular weight is 236 g/mol. The van der Waals surface area contributed by atoms with Crippen molar-refractivity contribution < 1.29 is 0 Å². The standard InChI is InChI=1S/C9H12N6S/c10-7-6-8(11)14-9(13-7)16-5-4-15-3-1-2-12-15/h1-3,6H,4-5H2,(H4,10,11,13,14). The Morgan fingerprint density at radius 3 is 2.62 bits per heavy atom. The van der Waals surface area contributed by atoms with Crippen LogP contribution < -0.4 is 11.5 Å². The quantitative estimate of drug-likeness (QED) is 0.597. The molecule has 16 heavy (non-hydrogen) atoms. The summed E-state index contributed by atoms with van der Waals surface area (Å²) in [5, 5.41) is 4.70. The van der Waals surface area contributed by atoms with Gasteiger partial charge in [0.25, 0.3) is 0 Å². The smallest absolute Gasteiger partial charge is 0.191 e. The fourth-order valence-corrected chi connectivity index (χ4v) is 1.99. The van der Waals surface area contributed by atoms with Crippen LogP contribution in [0.15, 0.2) is 29.7 Å². The molecule has 0 aliphatic carbocycles. The highest BCUT2D eigenvalue weighted by atomic mass is 32.2. The lowest BCUT2D eigenvalue weighted by molar-refractivity contribution is 0.666. The summed E-state index contributed by atoms with van der Waals surface area (Å²) in [6.07, 6.45) is 3.66. The molecule has 0 atom stereocenters. The molecule has 0 saturated heterocycles. The molecule has 6 nitrogen and oxygen atoms in total. The van der Waals surface area contributed by atoms with Gasteiger partial charge >= 0.3 is 0 Å². The van der Waals surface area contributed by atoms with Crippen molar-refractivity contribution in [1.29, 1.82) is 0 Å². The predicted octanol–water partition coefficient (Wildman–Crippen LogP) is 0.630. The van der Waals surface area contributed by atoms with Crippen LogP contribution in [0.2, 0.25) is 0 Å². The summed E-state index contributed by atoms with van der Waals surface area (Å²) < 4.78 is 1.85. The topological polar surface area (TPSA) is 95.6 Å². The second kappa shape index (κ2) is 4.84. The van der Waals surface area contributed by atoms with Crippen molar-refractivity contribution in [1.82, 2.24) is 19.7 Å². The third kappa shape index (κ3) is 2.86. The summed E-state index contributed by atoms with van der Waals surface area (Å²) >= 11 is 1.50. The van der Waals surface area contributed by atoms with E-state index in [4.69, 9.17) is 11.5 Å². The molecular weight excluding hydrogens is 224 g/mol. The van der Waals surface area contributed by atoms with E-state index in [0.29, 0.717) is 16.8 Å². The Balaban J connectivity index is 1.89. The summed E-state index contributed by atoms with van der Waals surface area (Å²) in [7, 11) is 0. The van der Waals surface area contributed by atoms with E-state index < -0.39 is 0 Å². The van der Waals surface area contributed by atoms with Crippen molar-refractivity contribution in [3.63, 3.8) is 0 Å². The molecule has 2 aromatic heterocycles. The Labute approximate surface area is 97.1 Å². The van der Waals surface area contributed by atoms with E-state index in [1.807, 2.05) is 16.9 Å². The molecule has 0 saturated carbocycles. The van der Waals surface area contributed by atoms with E-state index in [-0.39, 0.29) is 0 Å². The molecule has 4 N–H and O–H groups in total. The maximum atomic E-state index is 5.56. The highest BCUT2D eigenvalue weighted by molar-refractivity contribution is 7.99. The van der Waals surface area contributed by atoms with E-state index in [1.165, 1.54) is 17.8 Å². The number of nitrogens with two attached hydrogens (primary N) is 2. The second-order valence-corrected chi connectivity index (χ2v) is 4.18. The molecule has 0 unspecified atom stereocenters. The van der Waals surface area contributed by atoms with E-state index in [0.717, 1.165) is 12.3 Å². The maximum absolute atomic E-state index is 5.56. The fourth-order valence-electron chi connectivity index (χ4n) is 1.19. The van der Waals surface area contributed by atoms with Crippen molar-refractivity contribution in [2.45, 2.75) is 11.7 Å². The monoisotopic (exact) mass is 236 g/mol. The summed E-state index contributed by atoms with van der Waals surface area (Å²) in [6, 6.07) is 3.43. The van der Waals surface area contributed by atoms with Gasteiger partial charge < -0.3 is 11.5 Å². The number of thioether (sulfide) groups is 1. The predicted molar refractivity (Wildman–Crippen MR) is 63.8 cm³/mol. The summed E-state index contributed by atoms with van der Waals surface area (Å²) in [4.78, 5) is 8.15. The first-order chi connectivity index (χ1) is 7.74. The Hall–Kier alpha value is -1.76. The number of rotatable bonds is 4. The van der Waals surface area contributed by atoms with Crippen LogP contribution in [0.1, 0.15) is 0 Å². The van der Waals surface area contributed by atoms with Crippen molar-refractivity contribution >= 4 is 23.4 Å². The van der Waals surface area contributed by atoms with Gasteiger partial charge in [-0.3, -0.25) is 4.68 Å². The van der Waals surface area contributed by atoms with Crippen molar-refractivity contribution in [2.75, 3.05) is 17.2 Å². The molecule has 0 amide bonds. The van der Waals surface area contributed by atoms with Crippen LogP contribution in [-0.4, -0.2) is 25.5 Å². The average Bonchev–Trinajstić information content (AvgIpc) is 2.69. The molecule has 0 aromatic carbocycles. The SMILES string of the molecule is Nc1cc(N)nc(SCCn2cccn2)n1. The molecule has 2 rings (SSSR count). The maximum Gasteiger partial charge on any atom is 0.191 e. The number of aromatic nitrogens is 4. The molecule has 0 spiro atoms. The lowest BCUT2D eigenvalue weighted by Crippen LogP contribution is -2.03. The molecule has 0 fully saturated rings. The zero-order valence-corrected chi connectivity index (χ0v) is 9.39. The minimum absolute atomic E-state index is 0.397. The minimum Gasteiger partial charge on any atom is -0.383 e. The first-order valence-electron chi connectivity index (χ1n) is 4.74. The van der Waals surface area contributed by atoms with Gasteiger partial charge in [-0.15, -0.1) is 0 Å². The van der Waals surface area contributed by atoms with Gasteiger partial charge in [0, 0.05) is 24.2 Å². The number of aryl methyl sites for hydroxylation is 1. The second-order valence-electron chi connectivity index (χ2n) is 3.12. The summed E-state index contributed by atoms with van der Waals surface area (Å²) in [5.74, 6) is 1.62. The first-order valence-corrected chi connectivity index (χ1v) is 5.73. The highest BCUT2D eigenvalue weighted by Crippen LogP contribution is 2.16. The van der Waals surface area contributed by atoms with Crippen LogP contribution in [0.5, 0.6) is 0 Å². The van der Waals surface area contributed by atoms with E-state index in [9.17, 15) is 0 Å². The van der Waals surface area contributed by atoms with Crippen LogP contribution >= 0.6 is 11.8 Å². The number of hydrogen-bond donors (Lipinski definition) is 2. The fraction of sp³-hybridized carbons (Fsp3) is 0.222. The van der Waals surface area contributed by atoms with Gasteiger partial charge in [0.2, 0.25) is 0 Å². The van der Waals surface area contributed by atoms with Crippen LogP contribution in [0.3, 0.4) is 0 Å². The number of anilines is 2. The Bertz CT molecular complexity index is 435. The summed E-state index contributed by atoms with van der Waals surface area (Å²) in [6.45, 7) is 0.801. The molecule has 0 bridgehead atoms. The van der Waals surface area contributed by atoms with E-state index >= 15 is 0 Å². The molecule has 0 radical (unpaired) electrons. The van der Waals surface area contributed by atoms with Gasteiger partial charge in [-0.2, -0.15) is 5.10 Å². The van der Waals surface area contributed by atoms with Crippen LogP contribution in [-0.2, 0) is 6.54 Å². The van der Waals surface area contributed by atoms with Gasteiger partial charge in [-0.1, -0.05) is 11.8 Å². The zero-order chi connectivity index (χ0) is 11.4. The van der Waals surface area contributed by atoms with Gasteiger partial charge in [-0.25, -0.2) is 9.97 Å². The van der Waals surface area contributed by atoms with Gasteiger partial charge in [0.1, 0.15) is 11.6 Å². The van der Waals surface area contributed by atoms with E-state index in [1.54, 1.807) is 6.20 Å². The van der Waals surface area contributed by atoms with Crippen LogP contribution in [0.4, 0.5) is 11.6 Å². The van der Waals surface area contributed by atoms with E-state index in [2.05, 4.69) is 15.1 Å². The number of nitrogen functional groups attached to an aromatic ring is 2. The Kier molecular flexibility index (Phi) is 3.25. The van der Waals surface area contributed by atoms with Crippen molar-refractivity contribution in [3.05, 3.63) is 24.5 Å². The zero-order valence-electron chi connectivity index (χ0n) is 8.58. The molecular formula is C9H12N6S. The normalized spacial score (nSPS) is 10.5. The number of nitrogens with zero attached hydrogens (tertiary/aromatic N) is 4. The summed E-state index contributed by atoms with van der Waals surface area (Å²) in [5.41, 5.74) is 11.1. The molecule has 2 aromatic rings. The molecule has 2 heterocycles. The third-order valence-electron chi connectivity index (χ3n) is 1.86. The van der Waals surface area contributed by atoms with Gasteiger partial charge in [0.05, 0.1) is 6.54 Å². The van der Waals surface area contributed by atoms with Crippen LogP contribution in [0, 0.1) is 0 Å². The van der Waals surface area contributed by atoms with Crippen molar-refractivity contribution in [3.8, 4) is 0 Å². The Morgan fingerprint density at radius 1 is 1.25 bits per heavy atom. The van der Waals surface area contributed by atoms with Gasteiger partial charge in [0.15, 0.2) is 5.16 Å². The lowest BCUT2D eigenvalue weighted by atomic mass is 10.5. The van der Waals surface area contributed by atoms with Crippen molar-refractivity contribution in [2.24, 2.45) is 0 Å². The minimum atomic E-state index is 0.397. The molecule has 7 heteroatoms. The first kappa shape index (κ1) is 10.7. The Morgan fingerprint density at radius 2 is 2.00 bits per heavy atom. The molecule has 0 aliphatic heterocycles. The van der Waals surface area contributed by atoms with Crippen LogP contribution in [0.25, 0.3) is 0 Å². The highest BCUT2D eigenvalue weighted by Gasteiger charge is 2.01. The van der Waals surface area contributed by atoms with Gasteiger partial charge in [-0.05, 0) is 6.07 Å². The third-order valence-corrected chi connectivity index (χ3v) is 2.68. The molecule has 84 valence electrons. The lowest BCUT2D eigenvalue weighted by Gasteiger charge is -2.02. The largest absolute Gasteiger partial charge is 0.383 e. The number of hydrogen-bond acceptors (Lipinski definition) is 6.